The second kappa shape index (κ2) is 6.32. The second-order valence-electron chi connectivity index (χ2n) is 6.27. The van der Waals surface area contributed by atoms with E-state index in [-0.39, 0.29) is 18.6 Å². The van der Waals surface area contributed by atoms with Gasteiger partial charge in [0.1, 0.15) is 5.75 Å². The Hall–Kier alpha value is -2.49. The van der Waals surface area contributed by atoms with Crippen molar-refractivity contribution in [2.75, 3.05) is 6.61 Å². The van der Waals surface area contributed by atoms with Crippen molar-refractivity contribution in [3.05, 3.63) is 42.5 Å². The lowest BCUT2D eigenvalue weighted by Gasteiger charge is -2.17. The largest absolute Gasteiger partial charge is 0.484 e. The van der Waals surface area contributed by atoms with Crippen LogP contribution >= 0.6 is 0 Å². The van der Waals surface area contributed by atoms with Gasteiger partial charge in [0.15, 0.2) is 6.61 Å². The topological polar surface area (TPSA) is 54.1 Å². The molecule has 0 unspecified atom stereocenters. The molecule has 1 atom stereocenters. The lowest BCUT2D eigenvalue weighted by molar-refractivity contribution is -0.124. The smallest absolute Gasteiger partial charge is 0.258 e. The summed E-state index contributed by atoms with van der Waals surface area (Å²) in [6.45, 7) is 6.19. The predicted octanol–water partition coefficient (Wildman–Crippen LogP) is 3.86. The number of fused-ring (bicyclic) bond motifs is 3. The van der Waals surface area contributed by atoms with E-state index in [0.29, 0.717) is 11.7 Å². The number of aromatic nitrogens is 1. The van der Waals surface area contributed by atoms with Crippen molar-refractivity contribution in [2.24, 2.45) is 5.92 Å². The van der Waals surface area contributed by atoms with Crippen LogP contribution in [0.5, 0.6) is 5.75 Å². The minimum atomic E-state index is -0.0945. The van der Waals surface area contributed by atoms with Crippen molar-refractivity contribution in [3.8, 4) is 5.75 Å². The number of hydrogen-bond acceptors (Lipinski definition) is 2. The van der Waals surface area contributed by atoms with Crippen molar-refractivity contribution in [2.45, 2.75) is 26.8 Å². The number of benzene rings is 2. The van der Waals surface area contributed by atoms with Crippen LogP contribution in [-0.4, -0.2) is 23.5 Å². The molecule has 0 aliphatic rings. The molecule has 3 rings (SSSR count). The van der Waals surface area contributed by atoms with Gasteiger partial charge in [0.05, 0.1) is 5.52 Å². The first-order valence-corrected chi connectivity index (χ1v) is 7.97. The van der Waals surface area contributed by atoms with Crippen LogP contribution in [0.25, 0.3) is 21.8 Å². The van der Waals surface area contributed by atoms with Crippen molar-refractivity contribution < 1.29 is 9.53 Å². The molecule has 0 saturated carbocycles. The summed E-state index contributed by atoms with van der Waals surface area (Å²) in [6, 6.07) is 14.2. The Kier molecular flexibility index (Phi) is 4.24. The molecule has 2 N–H and O–H groups in total. The fourth-order valence-electron chi connectivity index (χ4n) is 2.53. The third-order valence-corrected chi connectivity index (χ3v) is 4.24. The van der Waals surface area contributed by atoms with E-state index in [9.17, 15) is 4.79 Å². The highest BCUT2D eigenvalue weighted by Crippen LogP contribution is 2.28. The third-order valence-electron chi connectivity index (χ3n) is 4.24. The van der Waals surface area contributed by atoms with Gasteiger partial charge in [-0.3, -0.25) is 4.79 Å². The molecule has 4 heteroatoms. The van der Waals surface area contributed by atoms with Gasteiger partial charge >= 0.3 is 0 Å². The molecule has 0 aliphatic heterocycles. The molecular formula is C19H22N2O2. The number of para-hydroxylation sites is 1. The molecular weight excluding hydrogens is 288 g/mol. The normalized spacial score (nSPS) is 12.7. The van der Waals surface area contributed by atoms with Gasteiger partial charge in [-0.2, -0.15) is 0 Å². The number of aromatic amines is 1. The van der Waals surface area contributed by atoms with Gasteiger partial charge in [-0.1, -0.05) is 32.0 Å². The molecule has 0 spiro atoms. The summed E-state index contributed by atoms with van der Waals surface area (Å²) in [6.07, 6.45) is 0. The van der Waals surface area contributed by atoms with Crippen LogP contribution in [0.15, 0.2) is 42.5 Å². The van der Waals surface area contributed by atoms with Gasteiger partial charge in [0, 0.05) is 28.4 Å². The van der Waals surface area contributed by atoms with Crippen LogP contribution in [0.1, 0.15) is 20.8 Å². The number of ether oxygens (including phenoxy) is 1. The molecule has 0 bridgehead atoms. The van der Waals surface area contributed by atoms with Crippen LogP contribution in [-0.2, 0) is 4.79 Å². The first-order valence-electron chi connectivity index (χ1n) is 7.97. The summed E-state index contributed by atoms with van der Waals surface area (Å²) in [4.78, 5) is 15.3. The molecule has 2 aromatic carbocycles. The zero-order valence-corrected chi connectivity index (χ0v) is 13.7. The summed E-state index contributed by atoms with van der Waals surface area (Å²) < 4.78 is 5.62. The van der Waals surface area contributed by atoms with Crippen LogP contribution in [0, 0.1) is 5.92 Å². The molecule has 0 radical (unpaired) electrons. The zero-order valence-electron chi connectivity index (χ0n) is 13.7. The Labute approximate surface area is 135 Å². The number of H-pyrrole nitrogens is 1. The third kappa shape index (κ3) is 3.31. The number of nitrogens with one attached hydrogen (secondary N) is 2. The molecule has 3 aromatic rings. The van der Waals surface area contributed by atoms with Gasteiger partial charge in [-0.05, 0) is 31.0 Å². The highest BCUT2D eigenvalue weighted by atomic mass is 16.5. The van der Waals surface area contributed by atoms with Crippen molar-refractivity contribution in [1.82, 2.24) is 10.3 Å². The fourth-order valence-corrected chi connectivity index (χ4v) is 2.53. The Morgan fingerprint density at radius 2 is 1.83 bits per heavy atom. The second-order valence-corrected chi connectivity index (χ2v) is 6.27. The van der Waals surface area contributed by atoms with Crippen molar-refractivity contribution in [1.29, 1.82) is 0 Å². The lowest BCUT2D eigenvalue weighted by atomic mass is 10.1. The standard InChI is InChI=1S/C19H22N2O2/c1-12(2)13(3)20-19(22)11-23-14-8-9-16-15-6-4-5-7-17(15)21-18(16)10-14/h4-10,12-13,21H,11H2,1-3H3,(H,20,22)/t13-/m1/s1. The summed E-state index contributed by atoms with van der Waals surface area (Å²) in [5, 5.41) is 5.29. The molecule has 0 saturated heterocycles. The maximum absolute atomic E-state index is 11.9. The van der Waals surface area contributed by atoms with Gasteiger partial charge in [-0.15, -0.1) is 0 Å². The Balaban J connectivity index is 1.71. The molecule has 0 aliphatic carbocycles. The number of rotatable bonds is 5. The van der Waals surface area contributed by atoms with Crippen molar-refractivity contribution in [3.63, 3.8) is 0 Å². The highest BCUT2D eigenvalue weighted by molar-refractivity contribution is 6.07. The first kappa shape index (κ1) is 15.4. The minimum absolute atomic E-state index is 0.0306. The van der Waals surface area contributed by atoms with E-state index >= 15 is 0 Å². The van der Waals surface area contributed by atoms with Gasteiger partial charge in [0.25, 0.3) is 5.91 Å². The van der Waals surface area contributed by atoms with E-state index in [0.717, 1.165) is 16.4 Å². The van der Waals surface area contributed by atoms with Crippen LogP contribution < -0.4 is 10.1 Å². The average Bonchev–Trinajstić information content (AvgIpc) is 2.90. The summed E-state index contributed by atoms with van der Waals surface area (Å²) in [5.41, 5.74) is 2.11. The van der Waals surface area contributed by atoms with E-state index in [4.69, 9.17) is 4.74 Å². The molecule has 1 heterocycles. The quantitative estimate of drug-likeness (QED) is 0.752. The zero-order chi connectivity index (χ0) is 16.4. The van der Waals surface area contributed by atoms with E-state index in [1.807, 2.05) is 37.3 Å². The van der Waals surface area contributed by atoms with Gasteiger partial charge in [0.2, 0.25) is 0 Å². The number of amides is 1. The Morgan fingerprint density at radius 1 is 1.09 bits per heavy atom. The fraction of sp³-hybridized carbons (Fsp3) is 0.316. The predicted molar refractivity (Wildman–Crippen MR) is 93.7 cm³/mol. The van der Waals surface area contributed by atoms with Crippen LogP contribution in [0.2, 0.25) is 0 Å². The molecule has 1 aromatic heterocycles. The summed E-state index contributed by atoms with van der Waals surface area (Å²) >= 11 is 0. The van der Waals surface area contributed by atoms with Crippen LogP contribution in [0.3, 0.4) is 0 Å². The van der Waals surface area contributed by atoms with Gasteiger partial charge in [-0.25, -0.2) is 0 Å². The van der Waals surface area contributed by atoms with Crippen molar-refractivity contribution >= 4 is 27.7 Å². The van der Waals surface area contributed by atoms with Gasteiger partial charge < -0.3 is 15.0 Å². The number of hydrogen-bond donors (Lipinski definition) is 2. The van der Waals surface area contributed by atoms with E-state index in [2.05, 4.69) is 36.3 Å². The lowest BCUT2D eigenvalue weighted by Crippen LogP contribution is -2.38. The summed E-state index contributed by atoms with van der Waals surface area (Å²) in [7, 11) is 0. The molecule has 120 valence electrons. The molecule has 1 amide bonds. The number of carbonyl (C=O) groups excluding carboxylic acids is 1. The number of carbonyl (C=O) groups is 1. The Bertz CT molecular complexity index is 836. The van der Waals surface area contributed by atoms with E-state index in [1.165, 1.54) is 5.39 Å². The highest BCUT2D eigenvalue weighted by Gasteiger charge is 2.11. The minimum Gasteiger partial charge on any atom is -0.484 e. The van der Waals surface area contributed by atoms with Crippen LogP contribution in [0.4, 0.5) is 0 Å². The molecule has 4 nitrogen and oxygen atoms in total. The SMILES string of the molecule is CC(C)[C@@H](C)NC(=O)COc1ccc2c(c1)[nH]c1ccccc12. The first-order chi connectivity index (χ1) is 11.0. The molecule has 0 fully saturated rings. The molecule has 23 heavy (non-hydrogen) atoms. The van der Waals surface area contributed by atoms with E-state index in [1.54, 1.807) is 0 Å². The van der Waals surface area contributed by atoms with E-state index < -0.39 is 0 Å². The average molecular weight is 310 g/mol. The summed E-state index contributed by atoms with van der Waals surface area (Å²) in [5.74, 6) is 1.00. The Morgan fingerprint density at radius 3 is 2.61 bits per heavy atom. The maximum Gasteiger partial charge on any atom is 0.258 e. The monoisotopic (exact) mass is 310 g/mol. The maximum atomic E-state index is 11.9.